The Balaban J connectivity index is 2.39. The quantitative estimate of drug-likeness (QED) is 0.572. The van der Waals surface area contributed by atoms with Gasteiger partial charge in [0.2, 0.25) is 0 Å². The summed E-state index contributed by atoms with van der Waals surface area (Å²) in [6, 6.07) is 0. The van der Waals surface area contributed by atoms with Crippen molar-refractivity contribution in [1.29, 1.82) is 0 Å². The molecule has 1 aliphatic rings. The monoisotopic (exact) mass is 154 g/mol. The van der Waals surface area contributed by atoms with E-state index >= 15 is 0 Å². The highest BCUT2D eigenvalue weighted by Crippen LogP contribution is 2.10. The van der Waals surface area contributed by atoms with Crippen LogP contribution in [0.25, 0.3) is 0 Å². The SMILES string of the molecule is CC(C)(C)ON1C=CN=CC1. The molecule has 0 unspecified atom stereocenters. The first-order valence-electron chi connectivity index (χ1n) is 3.72. The number of hydrogen-bond acceptors (Lipinski definition) is 3. The van der Waals surface area contributed by atoms with Crippen LogP contribution in [0.15, 0.2) is 17.4 Å². The first-order chi connectivity index (χ1) is 5.08. The summed E-state index contributed by atoms with van der Waals surface area (Å²) in [5.74, 6) is 0. The van der Waals surface area contributed by atoms with E-state index in [9.17, 15) is 0 Å². The van der Waals surface area contributed by atoms with Crippen LogP contribution >= 0.6 is 0 Å². The van der Waals surface area contributed by atoms with Gasteiger partial charge in [-0.1, -0.05) is 0 Å². The van der Waals surface area contributed by atoms with Crippen molar-refractivity contribution in [2.24, 2.45) is 4.99 Å². The first kappa shape index (κ1) is 8.27. The highest BCUT2D eigenvalue weighted by Gasteiger charge is 2.14. The third-order valence-electron chi connectivity index (χ3n) is 1.08. The third kappa shape index (κ3) is 3.18. The lowest BCUT2D eigenvalue weighted by Crippen LogP contribution is -2.32. The van der Waals surface area contributed by atoms with Crippen molar-refractivity contribution in [2.75, 3.05) is 6.54 Å². The van der Waals surface area contributed by atoms with Gasteiger partial charge in [-0.15, -0.1) is 0 Å². The summed E-state index contributed by atoms with van der Waals surface area (Å²) in [5, 5.41) is 1.77. The van der Waals surface area contributed by atoms with Crippen molar-refractivity contribution in [2.45, 2.75) is 26.4 Å². The van der Waals surface area contributed by atoms with Gasteiger partial charge in [-0.2, -0.15) is 0 Å². The molecular formula is C8H14N2O. The van der Waals surface area contributed by atoms with Gasteiger partial charge in [0.15, 0.2) is 0 Å². The highest BCUT2D eigenvalue weighted by molar-refractivity contribution is 5.61. The van der Waals surface area contributed by atoms with Crippen molar-refractivity contribution >= 4 is 6.21 Å². The Labute approximate surface area is 67.3 Å². The minimum absolute atomic E-state index is 0.129. The summed E-state index contributed by atoms with van der Waals surface area (Å²) in [4.78, 5) is 9.46. The third-order valence-corrected chi connectivity index (χ3v) is 1.08. The highest BCUT2D eigenvalue weighted by atomic mass is 16.7. The molecule has 0 aromatic heterocycles. The van der Waals surface area contributed by atoms with Crippen LogP contribution in [0.2, 0.25) is 0 Å². The van der Waals surface area contributed by atoms with Gasteiger partial charge >= 0.3 is 0 Å². The van der Waals surface area contributed by atoms with Gasteiger partial charge in [0, 0.05) is 18.6 Å². The molecule has 0 atom stereocenters. The van der Waals surface area contributed by atoms with E-state index in [1.54, 1.807) is 11.3 Å². The maximum Gasteiger partial charge on any atom is 0.0878 e. The van der Waals surface area contributed by atoms with Gasteiger partial charge in [-0.25, -0.2) is 0 Å². The molecule has 0 spiro atoms. The second kappa shape index (κ2) is 3.05. The van der Waals surface area contributed by atoms with Crippen LogP contribution in [0.3, 0.4) is 0 Å². The smallest absolute Gasteiger partial charge is 0.0878 e. The molecule has 11 heavy (non-hydrogen) atoms. The van der Waals surface area contributed by atoms with Crippen molar-refractivity contribution in [1.82, 2.24) is 5.06 Å². The fourth-order valence-electron chi connectivity index (χ4n) is 0.782. The van der Waals surface area contributed by atoms with Gasteiger partial charge in [-0.05, 0) is 20.8 Å². The lowest BCUT2D eigenvalue weighted by Gasteiger charge is -2.28. The molecule has 0 aromatic carbocycles. The lowest BCUT2D eigenvalue weighted by molar-refractivity contribution is -0.190. The lowest BCUT2D eigenvalue weighted by atomic mass is 10.2. The van der Waals surface area contributed by atoms with Gasteiger partial charge < -0.3 is 0 Å². The number of aliphatic imine (C=N–C) groups is 1. The second-order valence-electron chi connectivity index (χ2n) is 3.43. The molecular weight excluding hydrogens is 140 g/mol. The van der Waals surface area contributed by atoms with Gasteiger partial charge in [0.1, 0.15) is 0 Å². The van der Waals surface area contributed by atoms with E-state index in [1.165, 1.54) is 0 Å². The largest absolute Gasteiger partial charge is 0.268 e. The number of rotatable bonds is 1. The fraction of sp³-hybridized carbons (Fsp3) is 0.625. The Bertz CT molecular complexity index is 179. The zero-order valence-electron chi connectivity index (χ0n) is 7.24. The zero-order chi connectivity index (χ0) is 8.32. The summed E-state index contributed by atoms with van der Waals surface area (Å²) in [7, 11) is 0. The maximum atomic E-state index is 5.53. The molecule has 0 aliphatic carbocycles. The first-order valence-corrected chi connectivity index (χ1v) is 3.72. The summed E-state index contributed by atoms with van der Waals surface area (Å²) < 4.78 is 0. The molecule has 0 fully saturated rings. The van der Waals surface area contributed by atoms with Crippen molar-refractivity contribution in [3.05, 3.63) is 12.4 Å². The second-order valence-corrected chi connectivity index (χ2v) is 3.43. The molecule has 3 heteroatoms. The number of nitrogens with zero attached hydrogens (tertiary/aromatic N) is 2. The standard InChI is InChI=1S/C8H14N2O/c1-8(2,3)11-10-6-4-9-5-7-10/h4-6H,7H2,1-3H3. The predicted octanol–water partition coefficient (Wildman–Crippen LogP) is 1.57. The molecule has 1 rings (SSSR count). The minimum atomic E-state index is -0.129. The molecule has 62 valence electrons. The summed E-state index contributed by atoms with van der Waals surface area (Å²) in [6.07, 6.45) is 5.35. The molecule has 1 heterocycles. The summed E-state index contributed by atoms with van der Waals surface area (Å²) >= 11 is 0. The molecule has 0 aromatic rings. The average molecular weight is 154 g/mol. The number of hydrogen-bond donors (Lipinski definition) is 0. The zero-order valence-corrected chi connectivity index (χ0v) is 7.24. The van der Waals surface area contributed by atoms with Gasteiger partial charge in [0.25, 0.3) is 0 Å². The van der Waals surface area contributed by atoms with Crippen LogP contribution < -0.4 is 0 Å². The molecule has 0 bridgehead atoms. The van der Waals surface area contributed by atoms with Gasteiger partial charge in [-0.3, -0.25) is 14.9 Å². The molecule has 0 N–H and O–H groups in total. The summed E-state index contributed by atoms with van der Waals surface area (Å²) in [5.41, 5.74) is -0.129. The molecule has 3 nitrogen and oxygen atoms in total. The van der Waals surface area contributed by atoms with Crippen LogP contribution in [-0.4, -0.2) is 23.4 Å². The van der Waals surface area contributed by atoms with Crippen LogP contribution in [-0.2, 0) is 4.84 Å². The van der Waals surface area contributed by atoms with Crippen LogP contribution in [0.4, 0.5) is 0 Å². The van der Waals surface area contributed by atoms with E-state index < -0.39 is 0 Å². The number of hydroxylamine groups is 2. The van der Waals surface area contributed by atoms with E-state index in [0.717, 1.165) is 6.54 Å². The Morgan fingerprint density at radius 3 is 2.64 bits per heavy atom. The van der Waals surface area contributed by atoms with E-state index in [2.05, 4.69) is 4.99 Å². The van der Waals surface area contributed by atoms with E-state index in [-0.39, 0.29) is 5.60 Å². The molecule has 0 radical (unpaired) electrons. The molecule has 0 saturated carbocycles. The maximum absolute atomic E-state index is 5.53. The van der Waals surface area contributed by atoms with Gasteiger partial charge in [0.05, 0.1) is 12.1 Å². The molecule has 0 amide bonds. The predicted molar refractivity (Wildman–Crippen MR) is 45.2 cm³/mol. The van der Waals surface area contributed by atoms with Crippen LogP contribution in [0.5, 0.6) is 0 Å². The van der Waals surface area contributed by atoms with Crippen molar-refractivity contribution < 1.29 is 4.84 Å². The van der Waals surface area contributed by atoms with Crippen molar-refractivity contribution in [3.63, 3.8) is 0 Å². The summed E-state index contributed by atoms with van der Waals surface area (Å²) in [6.45, 7) is 6.79. The fourth-order valence-corrected chi connectivity index (χ4v) is 0.782. The molecule has 1 aliphatic heterocycles. The Hall–Kier alpha value is -0.830. The van der Waals surface area contributed by atoms with E-state index in [1.807, 2.05) is 33.2 Å². The van der Waals surface area contributed by atoms with Crippen LogP contribution in [0.1, 0.15) is 20.8 Å². The Morgan fingerprint density at radius 2 is 2.18 bits per heavy atom. The normalized spacial score (nSPS) is 17.5. The topological polar surface area (TPSA) is 24.8 Å². The average Bonchev–Trinajstić information content (AvgIpc) is 1.85. The Morgan fingerprint density at radius 1 is 1.45 bits per heavy atom. The molecule has 0 saturated heterocycles. The van der Waals surface area contributed by atoms with E-state index in [0.29, 0.717) is 0 Å². The minimum Gasteiger partial charge on any atom is -0.268 e. The van der Waals surface area contributed by atoms with Crippen LogP contribution in [0, 0.1) is 0 Å². The van der Waals surface area contributed by atoms with Crippen molar-refractivity contribution in [3.8, 4) is 0 Å². The Kier molecular flexibility index (Phi) is 2.29. The van der Waals surface area contributed by atoms with E-state index in [4.69, 9.17) is 4.84 Å².